The van der Waals surface area contributed by atoms with Crippen LogP contribution in [0.15, 0.2) is 12.1 Å². The van der Waals surface area contributed by atoms with Crippen LogP contribution in [-0.2, 0) is 24.1 Å². The van der Waals surface area contributed by atoms with Crippen LogP contribution >= 0.6 is 0 Å². The maximum Gasteiger partial charge on any atom is 0.307 e. The molecule has 0 fully saturated rings. The molecule has 0 atom stereocenters. The molecule has 0 saturated heterocycles. The summed E-state index contributed by atoms with van der Waals surface area (Å²) < 4.78 is 0. The third kappa shape index (κ3) is 2.40. The summed E-state index contributed by atoms with van der Waals surface area (Å²) in [6.45, 7) is 3.94. The van der Waals surface area contributed by atoms with Crippen molar-refractivity contribution in [2.45, 2.75) is 33.1 Å². The number of hydrogen-bond donors (Lipinski definition) is 1. The van der Waals surface area contributed by atoms with E-state index in [1.165, 1.54) is 0 Å². The lowest BCUT2D eigenvalue weighted by Gasteiger charge is -2.11. The van der Waals surface area contributed by atoms with Crippen molar-refractivity contribution in [2.75, 3.05) is 0 Å². The van der Waals surface area contributed by atoms with Gasteiger partial charge in [0, 0.05) is 0 Å². The van der Waals surface area contributed by atoms with Crippen molar-refractivity contribution >= 4 is 5.97 Å². The van der Waals surface area contributed by atoms with Crippen molar-refractivity contribution in [3.05, 3.63) is 34.4 Å². The monoisotopic (exact) mass is 217 g/mol. The van der Waals surface area contributed by atoms with Gasteiger partial charge in [-0.2, -0.15) is 5.26 Å². The second-order valence-corrected chi connectivity index (χ2v) is 3.63. The zero-order chi connectivity index (χ0) is 12.1. The van der Waals surface area contributed by atoms with Crippen molar-refractivity contribution in [1.82, 2.24) is 0 Å². The predicted molar refractivity (Wildman–Crippen MR) is 61.3 cm³/mol. The van der Waals surface area contributed by atoms with Gasteiger partial charge < -0.3 is 5.11 Å². The fraction of sp³-hybridized carbons (Fsp3) is 0.385. The van der Waals surface area contributed by atoms with Gasteiger partial charge in [0.2, 0.25) is 0 Å². The van der Waals surface area contributed by atoms with Gasteiger partial charge in [0.05, 0.1) is 18.1 Å². The van der Waals surface area contributed by atoms with Gasteiger partial charge in [0.25, 0.3) is 0 Å². The first-order valence-corrected chi connectivity index (χ1v) is 5.39. The molecule has 3 nitrogen and oxygen atoms in total. The molecule has 84 valence electrons. The van der Waals surface area contributed by atoms with Crippen molar-refractivity contribution in [3.63, 3.8) is 0 Å². The Bertz CT molecular complexity index is 444. The van der Waals surface area contributed by atoms with Crippen LogP contribution in [0, 0.1) is 11.3 Å². The third-order valence-corrected chi connectivity index (χ3v) is 2.68. The molecule has 0 aliphatic rings. The number of nitrogens with zero attached hydrogens (tertiary/aromatic N) is 1. The normalized spacial score (nSPS) is 9.81. The summed E-state index contributed by atoms with van der Waals surface area (Å²) in [5.41, 5.74) is 3.28. The van der Waals surface area contributed by atoms with E-state index >= 15 is 0 Å². The maximum atomic E-state index is 10.7. The molecule has 0 aromatic heterocycles. The molecule has 0 saturated carbocycles. The highest BCUT2D eigenvalue weighted by Gasteiger charge is 2.12. The molecule has 0 heterocycles. The zero-order valence-electron chi connectivity index (χ0n) is 9.58. The molecule has 1 N–H and O–H groups in total. The van der Waals surface area contributed by atoms with Crippen LogP contribution in [0.3, 0.4) is 0 Å². The average Bonchev–Trinajstić information content (AvgIpc) is 2.27. The lowest BCUT2D eigenvalue weighted by Crippen LogP contribution is -2.06. The lowest BCUT2D eigenvalue weighted by molar-refractivity contribution is -0.136. The highest BCUT2D eigenvalue weighted by molar-refractivity contribution is 5.71. The molecule has 0 aliphatic carbocycles. The Morgan fingerprint density at radius 1 is 1.31 bits per heavy atom. The van der Waals surface area contributed by atoms with Crippen LogP contribution in [0.5, 0.6) is 0 Å². The van der Waals surface area contributed by atoms with Crippen molar-refractivity contribution < 1.29 is 9.90 Å². The summed E-state index contributed by atoms with van der Waals surface area (Å²) in [6.07, 6.45) is 1.48. The molecular formula is C13H15NO2. The maximum absolute atomic E-state index is 10.7. The smallest absolute Gasteiger partial charge is 0.307 e. The summed E-state index contributed by atoms with van der Waals surface area (Å²) in [7, 11) is 0. The highest BCUT2D eigenvalue weighted by Crippen LogP contribution is 2.20. The number of carbonyl (C=O) groups is 1. The first kappa shape index (κ1) is 12.3. The van der Waals surface area contributed by atoms with Gasteiger partial charge in [-0.15, -0.1) is 0 Å². The van der Waals surface area contributed by atoms with E-state index in [2.05, 4.69) is 6.07 Å². The van der Waals surface area contributed by atoms with Gasteiger partial charge in [-0.25, -0.2) is 0 Å². The van der Waals surface area contributed by atoms with Crippen LogP contribution in [0.1, 0.15) is 36.1 Å². The SMILES string of the molecule is CCc1ccc(CC(=O)O)c(CC)c1C#N. The summed E-state index contributed by atoms with van der Waals surface area (Å²) in [4.78, 5) is 10.7. The number of aliphatic carboxylic acids is 1. The Morgan fingerprint density at radius 2 is 1.94 bits per heavy atom. The molecule has 3 heteroatoms. The van der Waals surface area contributed by atoms with E-state index in [0.717, 1.165) is 23.1 Å². The van der Waals surface area contributed by atoms with E-state index in [1.807, 2.05) is 26.0 Å². The van der Waals surface area contributed by atoms with Crippen LogP contribution in [0.25, 0.3) is 0 Å². The van der Waals surface area contributed by atoms with Gasteiger partial charge in [-0.3, -0.25) is 4.79 Å². The standard InChI is InChI=1S/C13H15NO2/c1-3-9-5-6-10(7-13(15)16)11(4-2)12(9)8-14/h5-6H,3-4,7H2,1-2H3,(H,15,16). The molecule has 1 rings (SSSR count). The Morgan fingerprint density at radius 3 is 2.38 bits per heavy atom. The summed E-state index contributed by atoms with van der Waals surface area (Å²) in [5, 5.41) is 17.9. The van der Waals surface area contributed by atoms with Crippen LogP contribution < -0.4 is 0 Å². The van der Waals surface area contributed by atoms with Crippen LogP contribution in [0.2, 0.25) is 0 Å². The van der Waals surface area contributed by atoms with Gasteiger partial charge in [0.1, 0.15) is 0 Å². The largest absolute Gasteiger partial charge is 0.481 e. The molecule has 0 amide bonds. The highest BCUT2D eigenvalue weighted by atomic mass is 16.4. The molecule has 16 heavy (non-hydrogen) atoms. The minimum Gasteiger partial charge on any atom is -0.481 e. The first-order valence-electron chi connectivity index (χ1n) is 5.39. The molecule has 0 bridgehead atoms. The van der Waals surface area contributed by atoms with Gasteiger partial charge in [0.15, 0.2) is 0 Å². The van der Waals surface area contributed by atoms with E-state index in [0.29, 0.717) is 12.0 Å². The van der Waals surface area contributed by atoms with Crippen molar-refractivity contribution in [1.29, 1.82) is 5.26 Å². The summed E-state index contributed by atoms with van der Waals surface area (Å²) >= 11 is 0. The quantitative estimate of drug-likeness (QED) is 0.841. The van der Waals surface area contributed by atoms with E-state index in [1.54, 1.807) is 0 Å². The van der Waals surface area contributed by atoms with Crippen molar-refractivity contribution in [2.24, 2.45) is 0 Å². The Balaban J connectivity index is 3.32. The summed E-state index contributed by atoms with van der Waals surface area (Å²) in [6, 6.07) is 5.87. The zero-order valence-corrected chi connectivity index (χ0v) is 9.58. The molecule has 0 radical (unpaired) electrons. The van der Waals surface area contributed by atoms with Crippen molar-refractivity contribution in [3.8, 4) is 6.07 Å². The molecule has 0 aliphatic heterocycles. The van der Waals surface area contributed by atoms with E-state index in [-0.39, 0.29) is 6.42 Å². The number of hydrogen-bond acceptors (Lipinski definition) is 2. The first-order chi connectivity index (χ1) is 7.63. The Hall–Kier alpha value is -1.82. The second kappa shape index (κ2) is 5.32. The Labute approximate surface area is 95.3 Å². The van der Waals surface area contributed by atoms with Gasteiger partial charge in [-0.05, 0) is 29.5 Å². The van der Waals surface area contributed by atoms with Gasteiger partial charge in [-0.1, -0.05) is 26.0 Å². The van der Waals surface area contributed by atoms with E-state index < -0.39 is 5.97 Å². The number of carboxylic acids is 1. The number of aryl methyl sites for hydroxylation is 1. The molecule has 0 unspecified atom stereocenters. The molecule has 1 aromatic carbocycles. The van der Waals surface area contributed by atoms with Crippen LogP contribution in [0.4, 0.5) is 0 Å². The molecule has 1 aromatic rings. The lowest BCUT2D eigenvalue weighted by atomic mass is 9.92. The molecule has 0 spiro atoms. The van der Waals surface area contributed by atoms with E-state index in [4.69, 9.17) is 10.4 Å². The molecular weight excluding hydrogens is 202 g/mol. The average molecular weight is 217 g/mol. The van der Waals surface area contributed by atoms with E-state index in [9.17, 15) is 4.79 Å². The Kier molecular flexibility index (Phi) is 4.07. The number of nitriles is 1. The number of carboxylic acid groups (broad SMARTS) is 1. The van der Waals surface area contributed by atoms with Crippen LogP contribution in [-0.4, -0.2) is 11.1 Å². The fourth-order valence-corrected chi connectivity index (χ4v) is 1.91. The predicted octanol–water partition coefficient (Wildman–Crippen LogP) is 2.31. The fourth-order valence-electron chi connectivity index (χ4n) is 1.91. The second-order valence-electron chi connectivity index (χ2n) is 3.63. The van der Waals surface area contributed by atoms with Gasteiger partial charge >= 0.3 is 5.97 Å². The summed E-state index contributed by atoms with van der Waals surface area (Å²) in [5.74, 6) is -0.858. The number of rotatable bonds is 4. The third-order valence-electron chi connectivity index (χ3n) is 2.68. The number of benzene rings is 1. The minimum atomic E-state index is -0.858. The minimum absolute atomic E-state index is 0.0121. The topological polar surface area (TPSA) is 61.1 Å².